The van der Waals surface area contributed by atoms with E-state index in [4.69, 9.17) is 0 Å². The second-order valence-corrected chi connectivity index (χ2v) is 15.4. The van der Waals surface area contributed by atoms with Crippen LogP contribution in [0, 0.1) is 0 Å². The lowest BCUT2D eigenvalue weighted by Gasteiger charge is -2.41. The van der Waals surface area contributed by atoms with Gasteiger partial charge in [0, 0.05) is 5.54 Å². The van der Waals surface area contributed by atoms with Crippen molar-refractivity contribution in [2.24, 2.45) is 0 Å². The molecule has 200 valence electrons. The fraction of sp³-hybridized carbons (Fsp3) is 0.405. The molecule has 1 heteroatoms. The summed E-state index contributed by atoms with van der Waals surface area (Å²) in [5.74, 6) is 0. The number of allylic oxidation sites excluding steroid dienone is 4. The van der Waals surface area contributed by atoms with Crippen LogP contribution in [0.1, 0.15) is 89.8 Å². The third-order valence-corrected chi connectivity index (χ3v) is 14.1. The van der Waals surface area contributed by atoms with Crippen LogP contribution in [-0.2, 0) is 19.3 Å². The topological polar surface area (TPSA) is 0 Å². The molecule has 0 saturated heterocycles. The van der Waals surface area contributed by atoms with Crippen molar-refractivity contribution in [1.29, 1.82) is 0 Å². The van der Waals surface area contributed by atoms with Gasteiger partial charge < -0.3 is 0 Å². The molecule has 3 aromatic carbocycles. The molecule has 0 spiro atoms. The summed E-state index contributed by atoms with van der Waals surface area (Å²) >= 11 is 0. The lowest BCUT2D eigenvalue weighted by atomic mass is 10.1. The molecule has 0 unspecified atom stereocenters. The highest BCUT2D eigenvalue weighted by molar-refractivity contribution is 7.13. The number of unbranched alkanes of at least 4 members (excludes halogenated alkanes) is 3. The van der Waals surface area contributed by atoms with E-state index in [1.54, 1.807) is 0 Å². The van der Waals surface area contributed by atoms with Crippen molar-refractivity contribution in [2.45, 2.75) is 97.9 Å². The van der Waals surface area contributed by atoms with Crippen LogP contribution in [0.5, 0.6) is 0 Å². The summed E-state index contributed by atoms with van der Waals surface area (Å²) < 4.78 is 0. The molecular formula is C37H48Si. The maximum absolute atomic E-state index is 2.49. The van der Waals surface area contributed by atoms with Gasteiger partial charge in [-0.15, -0.1) is 0 Å². The number of aryl methyl sites for hydroxylation is 3. The van der Waals surface area contributed by atoms with E-state index in [9.17, 15) is 0 Å². The van der Waals surface area contributed by atoms with Crippen LogP contribution >= 0.6 is 0 Å². The highest BCUT2D eigenvalue weighted by atomic mass is 28.3. The van der Waals surface area contributed by atoms with Gasteiger partial charge in [0.1, 0.15) is 0 Å². The molecule has 1 aliphatic rings. The summed E-state index contributed by atoms with van der Waals surface area (Å²) in [7, 11) is -2.42. The molecule has 4 rings (SSSR count). The molecule has 1 aliphatic carbocycles. The predicted molar refractivity (Wildman–Crippen MR) is 171 cm³/mol. The van der Waals surface area contributed by atoms with Gasteiger partial charge >= 0.3 is 0 Å². The van der Waals surface area contributed by atoms with Crippen molar-refractivity contribution in [3.8, 4) is 0 Å². The first-order valence-electron chi connectivity index (χ1n) is 15.2. The standard InChI is InChI=1S/C37H48Si/c1-6-9-12-31-17-23-34(24-18-31)38(37-29(4)15-16-30(37)5,35-25-19-32(20-26-35)13-10-7-2)36-27-21-33(22-28-36)14-11-8-3/h15-28,37H,6-14H2,1-5H3. The van der Waals surface area contributed by atoms with E-state index < -0.39 is 8.07 Å². The molecule has 0 bridgehead atoms. The average Bonchev–Trinajstić information content (AvgIpc) is 3.29. The number of benzene rings is 3. The van der Waals surface area contributed by atoms with E-state index in [1.165, 1.54) is 101 Å². The Bertz CT molecular complexity index is 1070. The van der Waals surface area contributed by atoms with Crippen LogP contribution in [-0.4, -0.2) is 8.07 Å². The number of rotatable bonds is 13. The first-order chi connectivity index (χ1) is 18.5. The third kappa shape index (κ3) is 5.99. The molecule has 3 aromatic rings. The van der Waals surface area contributed by atoms with Gasteiger partial charge in [0.05, 0.1) is 0 Å². The van der Waals surface area contributed by atoms with Crippen LogP contribution in [0.15, 0.2) is 96.1 Å². The molecule has 0 N–H and O–H groups in total. The Labute approximate surface area is 233 Å². The summed E-state index contributed by atoms with van der Waals surface area (Å²) in [6.45, 7) is 11.6. The van der Waals surface area contributed by atoms with E-state index >= 15 is 0 Å². The van der Waals surface area contributed by atoms with Crippen LogP contribution in [0.4, 0.5) is 0 Å². The SMILES string of the molecule is CCCCc1ccc([Si](c2ccc(CCCC)cc2)(c2ccc(CCCC)cc2)C2C(C)=CC=C2C)cc1. The molecule has 0 saturated carbocycles. The highest BCUT2D eigenvalue weighted by Gasteiger charge is 2.48. The molecule has 0 heterocycles. The summed E-state index contributed by atoms with van der Waals surface area (Å²) in [5, 5.41) is 4.60. The Balaban J connectivity index is 1.92. The van der Waals surface area contributed by atoms with Crippen LogP contribution in [0.2, 0.25) is 5.54 Å². The molecular weight excluding hydrogens is 472 g/mol. The summed E-state index contributed by atoms with van der Waals surface area (Å²) in [6, 6.07) is 29.5. The second kappa shape index (κ2) is 13.4. The van der Waals surface area contributed by atoms with Gasteiger partial charge in [-0.25, -0.2) is 0 Å². The van der Waals surface area contributed by atoms with Gasteiger partial charge in [0.15, 0.2) is 8.07 Å². The maximum atomic E-state index is 2.49. The first kappa shape index (κ1) is 28.4. The normalized spacial score (nSPS) is 14.0. The van der Waals surface area contributed by atoms with E-state index in [0.29, 0.717) is 5.54 Å². The maximum Gasteiger partial charge on any atom is 0.159 e. The van der Waals surface area contributed by atoms with E-state index in [-0.39, 0.29) is 0 Å². The minimum atomic E-state index is -2.42. The fourth-order valence-electron chi connectivity index (χ4n) is 6.44. The Morgan fingerprint density at radius 2 is 0.763 bits per heavy atom. The number of hydrogen-bond donors (Lipinski definition) is 0. The molecule has 0 radical (unpaired) electrons. The molecule has 0 fully saturated rings. The smallest absolute Gasteiger partial charge is 0.0679 e. The monoisotopic (exact) mass is 520 g/mol. The molecule has 0 aliphatic heterocycles. The molecule has 0 aromatic heterocycles. The summed E-state index contributed by atoms with van der Waals surface area (Å²) in [6.07, 6.45) is 15.8. The van der Waals surface area contributed by atoms with E-state index in [0.717, 1.165) is 0 Å². The Hall–Kier alpha value is -2.64. The Morgan fingerprint density at radius 3 is 1.03 bits per heavy atom. The van der Waals surface area contributed by atoms with E-state index in [2.05, 4.69) is 120 Å². The third-order valence-electron chi connectivity index (χ3n) is 8.64. The van der Waals surface area contributed by atoms with E-state index in [1.807, 2.05) is 0 Å². The van der Waals surface area contributed by atoms with Crippen molar-refractivity contribution < 1.29 is 0 Å². The van der Waals surface area contributed by atoms with Crippen molar-refractivity contribution in [1.82, 2.24) is 0 Å². The van der Waals surface area contributed by atoms with Crippen LogP contribution < -0.4 is 15.6 Å². The van der Waals surface area contributed by atoms with Gasteiger partial charge in [0.2, 0.25) is 0 Å². The lowest BCUT2D eigenvalue weighted by molar-refractivity contribution is 0.795. The first-order valence-corrected chi connectivity index (χ1v) is 17.3. The Kier molecular flexibility index (Phi) is 10.0. The predicted octanol–water partition coefficient (Wildman–Crippen LogP) is 8.46. The molecule has 0 amide bonds. The minimum Gasteiger partial charge on any atom is -0.0679 e. The zero-order valence-corrected chi connectivity index (χ0v) is 25.5. The Morgan fingerprint density at radius 1 is 0.474 bits per heavy atom. The highest BCUT2D eigenvalue weighted by Crippen LogP contribution is 2.40. The minimum absolute atomic E-state index is 0.437. The van der Waals surface area contributed by atoms with Gasteiger partial charge in [-0.05, 0) is 84.6 Å². The molecule has 38 heavy (non-hydrogen) atoms. The largest absolute Gasteiger partial charge is 0.159 e. The van der Waals surface area contributed by atoms with Crippen molar-refractivity contribution in [3.63, 3.8) is 0 Å². The zero-order chi connectivity index (χ0) is 27.0. The fourth-order valence-corrected chi connectivity index (χ4v) is 12.1. The van der Waals surface area contributed by atoms with Gasteiger partial charge in [-0.1, -0.05) is 136 Å². The lowest BCUT2D eigenvalue weighted by Crippen LogP contribution is -2.70. The molecule has 0 nitrogen and oxygen atoms in total. The van der Waals surface area contributed by atoms with Crippen molar-refractivity contribution in [3.05, 3.63) is 113 Å². The zero-order valence-electron chi connectivity index (χ0n) is 24.5. The van der Waals surface area contributed by atoms with Crippen molar-refractivity contribution in [2.75, 3.05) is 0 Å². The average molecular weight is 521 g/mol. The van der Waals surface area contributed by atoms with Gasteiger partial charge in [0.25, 0.3) is 0 Å². The van der Waals surface area contributed by atoms with Crippen LogP contribution in [0.25, 0.3) is 0 Å². The van der Waals surface area contributed by atoms with Crippen molar-refractivity contribution >= 4 is 23.6 Å². The van der Waals surface area contributed by atoms with Gasteiger partial charge in [-0.3, -0.25) is 0 Å². The molecule has 0 atom stereocenters. The number of hydrogen-bond acceptors (Lipinski definition) is 0. The quantitative estimate of drug-likeness (QED) is 0.157. The second-order valence-electron chi connectivity index (χ2n) is 11.5. The van der Waals surface area contributed by atoms with Gasteiger partial charge in [-0.2, -0.15) is 0 Å². The summed E-state index contributed by atoms with van der Waals surface area (Å²) in [4.78, 5) is 0. The van der Waals surface area contributed by atoms with Crippen LogP contribution in [0.3, 0.4) is 0 Å². The summed E-state index contributed by atoms with van der Waals surface area (Å²) in [5.41, 5.74) is 7.86.